The molecule has 0 aliphatic carbocycles. The second kappa shape index (κ2) is 10.2. The molecule has 0 atom stereocenters. The Bertz CT molecular complexity index is 1280. The van der Waals surface area contributed by atoms with E-state index in [1.807, 2.05) is 0 Å². The minimum absolute atomic E-state index is 0.0320. The predicted octanol–water partition coefficient (Wildman–Crippen LogP) is -3.28. The highest BCUT2D eigenvalue weighted by Gasteiger charge is 2.73. The van der Waals surface area contributed by atoms with Gasteiger partial charge in [0.1, 0.15) is 11.6 Å². The summed E-state index contributed by atoms with van der Waals surface area (Å²) in [6.07, 6.45) is 2.38. The highest BCUT2D eigenvalue weighted by atomic mass is 35.5. The van der Waals surface area contributed by atoms with Gasteiger partial charge in [-0.05, 0) is 39.8 Å². The number of aromatic nitrogens is 2. The average molecular weight is 522 g/mol. The summed E-state index contributed by atoms with van der Waals surface area (Å²) < 4.78 is 31.1. The van der Waals surface area contributed by atoms with Gasteiger partial charge in [0.05, 0.1) is 119 Å². The van der Waals surface area contributed by atoms with Gasteiger partial charge in [-0.15, -0.1) is 5.11 Å². The normalized spacial score (nSPS) is 20.9. The number of nitrogens with zero attached hydrogens (tertiary/aromatic N) is 3. The summed E-state index contributed by atoms with van der Waals surface area (Å²) in [5, 5.41) is -15.3. The number of likely N-dealkylation sites (tertiary alicyclic amines) is 1. The third kappa shape index (κ3) is 4.81. The SMILES string of the molecule is [B]C([B])([B])c1cnc(CNC([B])([B])C2(F)C([B])([B])C([B])([B])N(C(=O)c3ccc(F)c(Cl)c3)C([B])([B])C2([B])[B])nc1. The molecule has 0 bridgehead atoms. The first-order valence-corrected chi connectivity index (χ1v) is 11.6. The second-order valence-corrected chi connectivity index (χ2v) is 10.3. The smallest absolute Gasteiger partial charge is 0.252 e. The van der Waals surface area contributed by atoms with E-state index in [1.165, 1.54) is 12.4 Å². The quantitative estimate of drug-likeness (QED) is 0.405. The lowest BCUT2D eigenvalue weighted by Crippen LogP contribution is -2.89. The van der Waals surface area contributed by atoms with Gasteiger partial charge in [-0.3, -0.25) is 4.79 Å². The fourth-order valence-corrected chi connectivity index (χ4v) is 4.55. The van der Waals surface area contributed by atoms with Crippen molar-refractivity contribution < 1.29 is 13.6 Å². The maximum Gasteiger partial charge on any atom is 0.252 e. The van der Waals surface area contributed by atoms with Crippen molar-refractivity contribution in [3.8, 4) is 0 Å². The zero-order chi connectivity index (χ0) is 30.9. The van der Waals surface area contributed by atoms with E-state index in [9.17, 15) is 9.18 Å². The minimum Gasteiger partial charge on any atom is -0.363 e. The van der Waals surface area contributed by atoms with Crippen LogP contribution < -0.4 is 5.32 Å². The number of nitrogens with one attached hydrogen (secondary N) is 1. The van der Waals surface area contributed by atoms with E-state index in [1.54, 1.807) is 0 Å². The number of hydrogen-bond acceptors (Lipinski definition) is 4. The highest BCUT2D eigenvalue weighted by Crippen LogP contribution is 2.67. The molecule has 1 fully saturated rings. The zero-order valence-corrected chi connectivity index (χ0v) is 21.7. The molecule has 26 radical (unpaired) electrons. The van der Waals surface area contributed by atoms with Gasteiger partial charge < -0.3 is 10.2 Å². The number of alkyl halides is 1. The number of halogens is 3. The predicted molar refractivity (Wildman–Crippen MR) is 160 cm³/mol. The van der Waals surface area contributed by atoms with Crippen LogP contribution >= 0.6 is 11.6 Å². The summed E-state index contributed by atoms with van der Waals surface area (Å²) in [5.41, 5.74) is -3.95. The second-order valence-electron chi connectivity index (χ2n) is 9.86. The third-order valence-corrected chi connectivity index (χ3v) is 7.18. The third-order valence-electron chi connectivity index (χ3n) is 6.89. The van der Waals surface area contributed by atoms with Crippen LogP contribution in [0.15, 0.2) is 30.6 Å². The monoisotopic (exact) mass is 524 g/mol. The van der Waals surface area contributed by atoms with Crippen LogP contribution in [0.2, 0.25) is 15.5 Å². The van der Waals surface area contributed by atoms with Crippen LogP contribution in [0.3, 0.4) is 0 Å². The lowest BCUT2D eigenvalue weighted by molar-refractivity contribution is -0.0348. The lowest BCUT2D eigenvalue weighted by Gasteiger charge is -2.79. The maximum absolute atomic E-state index is 17.3. The molecular weight excluding hydrogens is 514 g/mol. The van der Waals surface area contributed by atoms with Crippen molar-refractivity contribution in [2.45, 2.75) is 43.8 Å². The molecule has 21 heteroatoms. The molecule has 0 saturated carbocycles. The van der Waals surface area contributed by atoms with E-state index in [0.29, 0.717) is 0 Å². The van der Waals surface area contributed by atoms with Crippen molar-refractivity contribution in [3.63, 3.8) is 0 Å². The van der Waals surface area contributed by atoms with Crippen LogP contribution in [-0.2, 0) is 11.7 Å². The fraction of sp³-hybridized carbons (Fsp3) is 0.421. The summed E-state index contributed by atoms with van der Waals surface area (Å²) in [7, 11) is 78.1. The van der Waals surface area contributed by atoms with Crippen molar-refractivity contribution >= 4 is 120 Å². The van der Waals surface area contributed by atoms with Crippen LogP contribution in [0.5, 0.6) is 0 Å². The van der Waals surface area contributed by atoms with Crippen LogP contribution in [-0.4, -0.2) is 144 Å². The van der Waals surface area contributed by atoms with E-state index < -0.39 is 60.5 Å². The summed E-state index contributed by atoms with van der Waals surface area (Å²) in [4.78, 5) is 21.7. The van der Waals surface area contributed by atoms with Crippen LogP contribution in [0.1, 0.15) is 21.7 Å². The molecule has 1 aromatic carbocycles. The summed E-state index contributed by atoms with van der Waals surface area (Å²) >= 11 is 5.77. The van der Waals surface area contributed by atoms with Gasteiger partial charge in [-0.25, -0.2) is 18.7 Å². The largest absolute Gasteiger partial charge is 0.363 e. The van der Waals surface area contributed by atoms with Crippen LogP contribution in [0.4, 0.5) is 8.78 Å². The Morgan fingerprint density at radius 3 is 1.82 bits per heavy atom. The Morgan fingerprint density at radius 2 is 1.40 bits per heavy atom. The van der Waals surface area contributed by atoms with Gasteiger partial charge in [-0.2, -0.15) is 0 Å². The van der Waals surface area contributed by atoms with E-state index in [4.69, 9.17) is 114 Å². The van der Waals surface area contributed by atoms with Gasteiger partial charge in [-0.1, -0.05) is 22.0 Å². The number of carbonyl (C=O) groups excluding carboxylic acids is 1. The summed E-state index contributed by atoms with van der Waals surface area (Å²) in [5.74, 6) is -2.15. The van der Waals surface area contributed by atoms with Crippen LogP contribution in [0, 0.1) is 5.82 Å². The standard InChI is InChI=1S/C19H8B13ClF2N4O/c20-13(21,22)8-4-36-11(37-5-8)6-38-17(27,28)14(35)15(23,24)18(29,30)39(19(31,32)16(14,25)26)12(40)7-1-2-10(34)9(33)3-7/h1-5,38H,6H2. The number of carbonyl (C=O) groups is 1. The number of piperidine rings is 1. The molecule has 1 aliphatic rings. The topological polar surface area (TPSA) is 58.1 Å². The molecule has 2 aromatic rings. The van der Waals surface area contributed by atoms with Crippen molar-refractivity contribution in [1.82, 2.24) is 20.2 Å². The van der Waals surface area contributed by atoms with Gasteiger partial charge in [0.25, 0.3) is 5.91 Å². The average Bonchev–Trinajstić information content (AvgIpc) is 2.82. The summed E-state index contributed by atoms with van der Waals surface area (Å²) in [6, 6.07) is 2.71. The Kier molecular flexibility index (Phi) is 8.45. The van der Waals surface area contributed by atoms with Crippen LogP contribution in [0.25, 0.3) is 0 Å². The Balaban J connectivity index is 2.08. The number of amides is 1. The Hall–Kier alpha value is -1.28. The van der Waals surface area contributed by atoms with Crippen molar-refractivity contribution in [3.05, 3.63) is 58.4 Å². The molecule has 0 unspecified atom stereocenters. The first-order valence-electron chi connectivity index (χ1n) is 11.2. The minimum atomic E-state index is -3.74. The van der Waals surface area contributed by atoms with Gasteiger partial charge in [0, 0.05) is 18.0 Å². The molecule has 40 heavy (non-hydrogen) atoms. The molecule has 2 heterocycles. The first kappa shape index (κ1) is 33.2. The number of hydrogen-bond donors (Lipinski definition) is 1. The molecule has 5 nitrogen and oxygen atoms in total. The molecule has 1 saturated heterocycles. The van der Waals surface area contributed by atoms with Gasteiger partial charge >= 0.3 is 0 Å². The Morgan fingerprint density at radius 1 is 0.925 bits per heavy atom. The molecule has 0 spiro atoms. The first-order chi connectivity index (χ1) is 17.9. The molecule has 1 amide bonds. The molecule has 3 rings (SSSR count). The van der Waals surface area contributed by atoms with Gasteiger partial charge in [0.2, 0.25) is 0 Å². The molecular formula is C19H8B13ClF2N4O. The molecule has 1 aromatic heterocycles. The van der Waals surface area contributed by atoms with E-state index >= 15 is 4.39 Å². The number of benzene rings is 1. The number of rotatable bonds is 6. The van der Waals surface area contributed by atoms with E-state index in [0.717, 1.165) is 18.2 Å². The zero-order valence-electron chi connectivity index (χ0n) is 21.0. The highest BCUT2D eigenvalue weighted by molar-refractivity contribution is 6.64. The maximum atomic E-state index is 17.3. The molecule has 1 aliphatic heterocycles. The van der Waals surface area contributed by atoms with Gasteiger partial charge in [0.15, 0.2) is 0 Å². The lowest BCUT2D eigenvalue weighted by atomic mass is 9.11. The molecule has 1 N–H and O–H groups in total. The summed E-state index contributed by atoms with van der Waals surface area (Å²) in [6.45, 7) is -0.473. The van der Waals surface area contributed by atoms with Crippen molar-refractivity contribution in [1.29, 1.82) is 0 Å². The van der Waals surface area contributed by atoms with E-state index in [2.05, 4.69) is 15.3 Å². The molecule has 170 valence electrons. The Labute approximate surface area is 254 Å². The fourth-order valence-electron chi connectivity index (χ4n) is 4.37. The van der Waals surface area contributed by atoms with E-state index in [-0.39, 0.29) is 21.9 Å². The van der Waals surface area contributed by atoms with Crippen molar-refractivity contribution in [2.24, 2.45) is 0 Å². The van der Waals surface area contributed by atoms with Crippen molar-refractivity contribution in [2.75, 3.05) is 0 Å².